The molecule has 3 unspecified atom stereocenters. The predicted molar refractivity (Wildman–Crippen MR) is 101 cm³/mol. The number of ether oxygens (including phenoxy) is 1. The summed E-state index contributed by atoms with van der Waals surface area (Å²) in [7, 11) is 0. The first kappa shape index (κ1) is 19.4. The smallest absolute Gasteiger partial charge is 0.338 e. The van der Waals surface area contributed by atoms with Crippen molar-refractivity contribution in [3.8, 4) is 0 Å². The van der Waals surface area contributed by atoms with Crippen molar-refractivity contribution in [1.82, 2.24) is 0 Å². The molecule has 1 aromatic rings. The van der Waals surface area contributed by atoms with Crippen LogP contribution in [0.4, 0.5) is 0 Å². The van der Waals surface area contributed by atoms with Gasteiger partial charge in [0.15, 0.2) is 0 Å². The van der Waals surface area contributed by atoms with Crippen molar-refractivity contribution in [3.05, 3.63) is 42.5 Å². The van der Waals surface area contributed by atoms with E-state index in [9.17, 15) is 4.79 Å². The van der Waals surface area contributed by atoms with Crippen LogP contribution in [-0.2, 0) is 9.53 Å². The Morgan fingerprint density at radius 1 is 1.23 bits per heavy atom. The normalized spacial score (nSPS) is 14.9. The number of carbonyl (C=O) groups is 1. The van der Waals surface area contributed by atoms with Gasteiger partial charge in [0.25, 0.3) is 0 Å². The minimum atomic E-state index is -0.333. The first-order chi connectivity index (χ1) is 10.4. The highest BCUT2D eigenvalue weighted by Crippen LogP contribution is 2.23. The summed E-state index contributed by atoms with van der Waals surface area (Å²) >= 11 is 7.22. The van der Waals surface area contributed by atoms with Crippen LogP contribution >= 0.6 is 31.9 Å². The van der Waals surface area contributed by atoms with Gasteiger partial charge in [-0.3, -0.25) is 0 Å². The summed E-state index contributed by atoms with van der Waals surface area (Å²) in [6.45, 7) is 8.09. The van der Waals surface area contributed by atoms with E-state index in [0.717, 1.165) is 31.2 Å². The number of alkyl halides is 2. The van der Waals surface area contributed by atoms with Gasteiger partial charge in [-0.05, 0) is 24.8 Å². The average molecular weight is 432 g/mol. The van der Waals surface area contributed by atoms with E-state index in [-0.39, 0.29) is 12.1 Å². The van der Waals surface area contributed by atoms with Crippen LogP contribution in [0, 0.1) is 0 Å². The van der Waals surface area contributed by atoms with E-state index in [2.05, 4.69) is 52.3 Å². The lowest BCUT2D eigenvalue weighted by Gasteiger charge is -2.22. The minimum absolute atomic E-state index is 0.113. The zero-order chi connectivity index (χ0) is 16.5. The fraction of sp³-hybridized carbons (Fsp3) is 0.500. The minimum Gasteiger partial charge on any atom is -0.459 e. The molecule has 0 N–H and O–H groups in total. The lowest BCUT2D eigenvalue weighted by Crippen LogP contribution is -2.24. The topological polar surface area (TPSA) is 26.3 Å². The maximum atomic E-state index is 12.3. The molecule has 4 heteroatoms. The highest BCUT2D eigenvalue weighted by Gasteiger charge is 2.22. The summed E-state index contributed by atoms with van der Waals surface area (Å²) in [6.07, 6.45) is 3.68. The Morgan fingerprint density at radius 3 is 2.41 bits per heavy atom. The molecule has 3 atom stereocenters. The Morgan fingerprint density at radius 2 is 1.86 bits per heavy atom. The van der Waals surface area contributed by atoms with E-state index in [1.54, 1.807) is 0 Å². The van der Waals surface area contributed by atoms with Gasteiger partial charge < -0.3 is 4.74 Å². The number of hydrogen-bond acceptors (Lipinski definition) is 2. The third kappa shape index (κ3) is 7.10. The molecule has 1 aromatic carbocycles. The van der Waals surface area contributed by atoms with Crippen LogP contribution in [0.15, 0.2) is 36.9 Å². The molecule has 0 aromatic heterocycles. The number of esters is 1. The fourth-order valence-electron chi connectivity index (χ4n) is 2.25. The second kappa shape index (κ2) is 10.2. The highest BCUT2D eigenvalue weighted by molar-refractivity contribution is 9.09. The van der Waals surface area contributed by atoms with Crippen LogP contribution in [0.5, 0.6) is 0 Å². The molecule has 22 heavy (non-hydrogen) atoms. The van der Waals surface area contributed by atoms with Gasteiger partial charge in [0, 0.05) is 9.65 Å². The van der Waals surface area contributed by atoms with Gasteiger partial charge in [-0.25, -0.2) is 4.79 Å². The molecule has 0 bridgehead atoms. The van der Waals surface area contributed by atoms with Crippen LogP contribution in [-0.4, -0.2) is 21.7 Å². The Kier molecular flexibility index (Phi) is 9.03. The Balaban J connectivity index is 2.67. The highest BCUT2D eigenvalue weighted by atomic mass is 79.9. The van der Waals surface area contributed by atoms with Crippen molar-refractivity contribution in [1.29, 1.82) is 0 Å². The molecule has 0 heterocycles. The Bertz CT molecular complexity index is 471. The van der Waals surface area contributed by atoms with E-state index < -0.39 is 0 Å². The second-order valence-corrected chi connectivity index (χ2v) is 8.37. The maximum absolute atomic E-state index is 12.3. The van der Waals surface area contributed by atoms with Crippen molar-refractivity contribution < 1.29 is 9.53 Å². The fourth-order valence-corrected chi connectivity index (χ4v) is 3.54. The zero-order valence-electron chi connectivity index (χ0n) is 13.2. The van der Waals surface area contributed by atoms with Gasteiger partial charge >= 0.3 is 5.97 Å². The van der Waals surface area contributed by atoms with Crippen LogP contribution in [0.2, 0.25) is 0 Å². The molecule has 0 amide bonds. The molecule has 1 rings (SSSR count). The number of hydrogen-bond donors (Lipinski definition) is 0. The van der Waals surface area contributed by atoms with Gasteiger partial charge in [-0.2, -0.15) is 0 Å². The monoisotopic (exact) mass is 430 g/mol. The van der Waals surface area contributed by atoms with Crippen molar-refractivity contribution >= 4 is 43.4 Å². The van der Waals surface area contributed by atoms with Crippen molar-refractivity contribution in [3.63, 3.8) is 0 Å². The van der Waals surface area contributed by atoms with E-state index >= 15 is 0 Å². The first-order valence-electron chi connectivity index (χ1n) is 7.67. The number of halogens is 2. The number of rotatable bonds is 9. The second-order valence-electron chi connectivity index (χ2n) is 5.51. The molecule has 0 aliphatic rings. The quantitative estimate of drug-likeness (QED) is 0.283. The van der Waals surface area contributed by atoms with E-state index in [1.165, 1.54) is 0 Å². The Hall–Kier alpha value is -0.610. The largest absolute Gasteiger partial charge is 0.459 e. The molecule has 0 saturated carbocycles. The summed E-state index contributed by atoms with van der Waals surface area (Å²) in [5.74, 6) is -0.333. The third-order valence-corrected chi connectivity index (χ3v) is 4.56. The van der Waals surface area contributed by atoms with Gasteiger partial charge in [0.2, 0.25) is 0 Å². The molecule has 0 aliphatic heterocycles. The zero-order valence-corrected chi connectivity index (χ0v) is 16.4. The molecular weight excluding hydrogens is 408 g/mol. The van der Waals surface area contributed by atoms with Crippen LogP contribution < -0.4 is 0 Å². The third-order valence-electron chi connectivity index (χ3n) is 3.35. The van der Waals surface area contributed by atoms with Crippen molar-refractivity contribution in [2.45, 2.75) is 55.3 Å². The first-order valence-corrected chi connectivity index (χ1v) is 9.50. The van der Waals surface area contributed by atoms with Gasteiger partial charge in [-0.15, -0.1) is 0 Å². The molecule has 0 saturated heterocycles. The summed E-state index contributed by atoms with van der Waals surface area (Å²) in [6, 6.07) is 9.44. The number of benzene rings is 1. The molecule has 0 radical (unpaired) electrons. The summed E-state index contributed by atoms with van der Waals surface area (Å²) in [5.41, 5.74) is 1.22. The maximum Gasteiger partial charge on any atom is 0.338 e. The molecular formula is C18H24Br2O2. The standard InChI is InChI=1S/C18H24Br2O2/c1-4-8-16(20)12-17(11-13(2)19)22-18(21)14(3)15-9-6-5-7-10-15/h5-7,9-10,13,16-17H,3-4,8,11-12H2,1-2H3. The lowest BCUT2D eigenvalue weighted by atomic mass is 10.1. The van der Waals surface area contributed by atoms with E-state index in [0.29, 0.717) is 15.2 Å². The van der Waals surface area contributed by atoms with Gasteiger partial charge in [0.1, 0.15) is 6.10 Å². The molecule has 0 fully saturated rings. The molecule has 0 spiro atoms. The van der Waals surface area contributed by atoms with Crippen LogP contribution in [0.25, 0.3) is 5.57 Å². The lowest BCUT2D eigenvalue weighted by molar-refractivity contribution is -0.142. The van der Waals surface area contributed by atoms with E-state index in [4.69, 9.17) is 4.74 Å². The average Bonchev–Trinajstić information content (AvgIpc) is 2.46. The van der Waals surface area contributed by atoms with Crippen molar-refractivity contribution in [2.75, 3.05) is 0 Å². The molecule has 2 nitrogen and oxygen atoms in total. The molecule has 0 aliphatic carbocycles. The summed E-state index contributed by atoms with van der Waals surface area (Å²) in [5, 5.41) is 0. The van der Waals surface area contributed by atoms with Gasteiger partial charge in [-0.1, -0.05) is 89.0 Å². The SMILES string of the molecule is C=C(C(=O)OC(CC(C)Br)CC(Br)CCC)c1ccccc1. The van der Waals surface area contributed by atoms with Crippen molar-refractivity contribution in [2.24, 2.45) is 0 Å². The predicted octanol–water partition coefficient (Wildman–Crippen LogP) is 5.74. The van der Waals surface area contributed by atoms with Crippen LogP contribution in [0.1, 0.15) is 45.1 Å². The summed E-state index contributed by atoms with van der Waals surface area (Å²) < 4.78 is 5.70. The van der Waals surface area contributed by atoms with Gasteiger partial charge in [0.05, 0.1) is 5.57 Å². The number of carbonyl (C=O) groups excluding carboxylic acids is 1. The summed E-state index contributed by atoms with van der Waals surface area (Å²) in [4.78, 5) is 13.0. The van der Waals surface area contributed by atoms with Crippen LogP contribution in [0.3, 0.4) is 0 Å². The van der Waals surface area contributed by atoms with E-state index in [1.807, 2.05) is 30.3 Å². The Labute approximate surface area is 150 Å². The molecule has 122 valence electrons.